The van der Waals surface area contributed by atoms with Gasteiger partial charge in [0.05, 0.1) is 0 Å². The van der Waals surface area contributed by atoms with Gasteiger partial charge in [-0.3, -0.25) is 9.59 Å². The van der Waals surface area contributed by atoms with Gasteiger partial charge in [-0.05, 0) is 41.8 Å². The van der Waals surface area contributed by atoms with Crippen molar-refractivity contribution in [2.45, 2.75) is 18.8 Å². The fourth-order valence-electron chi connectivity index (χ4n) is 2.99. The molecule has 0 saturated carbocycles. The first-order chi connectivity index (χ1) is 13.4. The molecule has 0 bridgehead atoms. The summed E-state index contributed by atoms with van der Waals surface area (Å²) in [6, 6.07) is 18.9. The van der Waals surface area contributed by atoms with Crippen LogP contribution < -0.4 is 4.73 Å². The van der Waals surface area contributed by atoms with Gasteiger partial charge in [0, 0.05) is 40.0 Å². The highest BCUT2D eigenvalue weighted by atomic mass is 79.9. The van der Waals surface area contributed by atoms with E-state index in [1.807, 2.05) is 12.1 Å². The van der Waals surface area contributed by atoms with Crippen molar-refractivity contribution in [3.63, 3.8) is 0 Å². The number of benzene rings is 2. The number of hydrogen-bond donors (Lipinski definition) is 0. The Hall–Kier alpha value is -2.50. The second-order valence-electron chi connectivity index (χ2n) is 6.42. The molecule has 0 amide bonds. The number of nitrogens with zero attached hydrogens (tertiary/aromatic N) is 1. The van der Waals surface area contributed by atoms with Gasteiger partial charge in [-0.1, -0.05) is 51.8 Å². The summed E-state index contributed by atoms with van der Waals surface area (Å²) in [7, 11) is 0. The molecule has 0 radical (unpaired) electrons. The molecule has 0 saturated heterocycles. The summed E-state index contributed by atoms with van der Waals surface area (Å²) in [4.78, 5) is 25.5. The lowest BCUT2D eigenvalue weighted by molar-refractivity contribution is -0.607. The van der Waals surface area contributed by atoms with Crippen LogP contribution in [0, 0.1) is 5.21 Å². The van der Waals surface area contributed by atoms with E-state index < -0.39 is 0 Å². The standard InChI is InChI=1S/C22H17BrClNO3/c23-18-8-4-16(5-9-18)21(26)13-17(15-6-10-19(24)11-7-15)14-22(27)20-3-1-2-12-25(20)28/h1-12,17H,13-14H2/t17-/m1/s1. The average molecular weight is 459 g/mol. The number of halogens is 2. The van der Waals surface area contributed by atoms with Crippen molar-refractivity contribution < 1.29 is 14.3 Å². The Balaban J connectivity index is 1.85. The van der Waals surface area contributed by atoms with E-state index in [2.05, 4.69) is 15.9 Å². The first-order valence-corrected chi connectivity index (χ1v) is 9.87. The van der Waals surface area contributed by atoms with E-state index in [1.54, 1.807) is 48.5 Å². The van der Waals surface area contributed by atoms with Crippen LogP contribution in [0.25, 0.3) is 0 Å². The lowest BCUT2D eigenvalue weighted by atomic mass is 9.87. The maximum Gasteiger partial charge on any atom is 0.259 e. The number of pyridine rings is 1. The SMILES string of the molecule is O=C(C[C@H](CC(=O)c1cccc[n+]1[O-])c1ccc(Cl)cc1)c1ccc(Br)cc1. The lowest BCUT2D eigenvalue weighted by Crippen LogP contribution is -2.34. The number of aromatic nitrogens is 1. The molecule has 0 aliphatic carbocycles. The minimum absolute atomic E-state index is 0.0517. The molecule has 0 N–H and O–H groups in total. The fraction of sp³-hybridized carbons (Fsp3) is 0.136. The molecule has 1 atom stereocenters. The number of rotatable bonds is 7. The van der Waals surface area contributed by atoms with Crippen LogP contribution >= 0.6 is 27.5 Å². The van der Waals surface area contributed by atoms with Gasteiger partial charge in [-0.15, -0.1) is 0 Å². The number of ketones is 2. The van der Waals surface area contributed by atoms with Crippen molar-refractivity contribution in [2.24, 2.45) is 0 Å². The molecule has 142 valence electrons. The van der Waals surface area contributed by atoms with E-state index in [-0.39, 0.29) is 36.0 Å². The Morgan fingerprint density at radius 1 is 0.929 bits per heavy atom. The second kappa shape index (κ2) is 9.13. The van der Waals surface area contributed by atoms with Crippen LogP contribution in [0.1, 0.15) is 45.2 Å². The molecule has 28 heavy (non-hydrogen) atoms. The Morgan fingerprint density at radius 2 is 1.57 bits per heavy atom. The zero-order valence-corrected chi connectivity index (χ0v) is 17.2. The molecule has 0 fully saturated rings. The third kappa shape index (κ3) is 5.06. The highest BCUT2D eigenvalue weighted by Crippen LogP contribution is 2.28. The van der Waals surface area contributed by atoms with Crippen LogP contribution in [0.3, 0.4) is 0 Å². The van der Waals surface area contributed by atoms with Gasteiger partial charge in [0.1, 0.15) is 0 Å². The first kappa shape index (κ1) is 20.2. The molecule has 1 heterocycles. The van der Waals surface area contributed by atoms with Gasteiger partial charge in [0.25, 0.3) is 5.69 Å². The van der Waals surface area contributed by atoms with Crippen LogP contribution in [0.4, 0.5) is 0 Å². The maximum absolute atomic E-state index is 12.8. The summed E-state index contributed by atoms with van der Waals surface area (Å²) in [5, 5.41) is 12.5. The van der Waals surface area contributed by atoms with Crippen LogP contribution in [-0.4, -0.2) is 11.6 Å². The van der Waals surface area contributed by atoms with Gasteiger partial charge in [-0.2, -0.15) is 4.73 Å². The van der Waals surface area contributed by atoms with Gasteiger partial charge in [-0.25, -0.2) is 0 Å². The molecule has 6 heteroatoms. The summed E-state index contributed by atoms with van der Waals surface area (Å²) >= 11 is 9.33. The maximum atomic E-state index is 12.8. The van der Waals surface area contributed by atoms with Crippen molar-refractivity contribution in [3.05, 3.63) is 104 Å². The van der Waals surface area contributed by atoms with E-state index in [0.29, 0.717) is 15.3 Å². The third-order valence-electron chi connectivity index (χ3n) is 4.48. The molecule has 4 nitrogen and oxygen atoms in total. The monoisotopic (exact) mass is 457 g/mol. The summed E-state index contributed by atoms with van der Waals surface area (Å²) in [6.07, 6.45) is 1.49. The average Bonchev–Trinajstić information content (AvgIpc) is 2.68. The number of carbonyl (C=O) groups excluding carboxylic acids is 2. The first-order valence-electron chi connectivity index (χ1n) is 8.69. The smallest absolute Gasteiger partial charge is 0.259 e. The highest BCUT2D eigenvalue weighted by molar-refractivity contribution is 9.10. The van der Waals surface area contributed by atoms with E-state index in [1.165, 1.54) is 12.3 Å². The number of carbonyl (C=O) groups is 2. The Kier molecular flexibility index (Phi) is 6.60. The molecule has 0 spiro atoms. The van der Waals surface area contributed by atoms with E-state index >= 15 is 0 Å². The Morgan fingerprint density at radius 3 is 2.21 bits per heavy atom. The summed E-state index contributed by atoms with van der Waals surface area (Å²) < 4.78 is 1.44. The molecule has 3 rings (SSSR count). The zero-order valence-electron chi connectivity index (χ0n) is 14.8. The minimum atomic E-state index is -0.360. The fourth-order valence-corrected chi connectivity index (χ4v) is 3.38. The molecular weight excluding hydrogens is 442 g/mol. The minimum Gasteiger partial charge on any atom is -0.618 e. The predicted molar refractivity (Wildman–Crippen MR) is 112 cm³/mol. The van der Waals surface area contributed by atoms with Gasteiger partial charge < -0.3 is 5.21 Å². The molecule has 0 aliphatic rings. The van der Waals surface area contributed by atoms with E-state index in [0.717, 1.165) is 10.0 Å². The number of hydrogen-bond acceptors (Lipinski definition) is 3. The van der Waals surface area contributed by atoms with Crippen LogP contribution in [0.15, 0.2) is 77.4 Å². The van der Waals surface area contributed by atoms with Crippen molar-refractivity contribution >= 4 is 39.1 Å². The van der Waals surface area contributed by atoms with Crippen molar-refractivity contribution in [1.29, 1.82) is 0 Å². The molecule has 1 aromatic heterocycles. The van der Waals surface area contributed by atoms with Crippen LogP contribution in [0.2, 0.25) is 5.02 Å². The zero-order chi connectivity index (χ0) is 20.1. The highest BCUT2D eigenvalue weighted by Gasteiger charge is 2.24. The molecule has 3 aromatic rings. The van der Waals surface area contributed by atoms with E-state index in [9.17, 15) is 14.8 Å². The Labute approximate surface area is 176 Å². The molecule has 0 aliphatic heterocycles. The predicted octanol–water partition coefficient (Wildman–Crippen LogP) is 5.37. The van der Waals surface area contributed by atoms with Crippen molar-refractivity contribution in [1.82, 2.24) is 0 Å². The van der Waals surface area contributed by atoms with Gasteiger partial charge in [0.2, 0.25) is 5.78 Å². The molecule has 2 aromatic carbocycles. The van der Waals surface area contributed by atoms with Crippen LogP contribution in [-0.2, 0) is 0 Å². The van der Waals surface area contributed by atoms with Crippen LogP contribution in [0.5, 0.6) is 0 Å². The Bertz CT molecular complexity index is 987. The quantitative estimate of drug-likeness (QED) is 0.272. The van der Waals surface area contributed by atoms with Crippen molar-refractivity contribution in [2.75, 3.05) is 0 Å². The normalized spacial score (nSPS) is 11.8. The van der Waals surface area contributed by atoms with E-state index in [4.69, 9.17) is 11.6 Å². The van der Waals surface area contributed by atoms with Crippen molar-refractivity contribution in [3.8, 4) is 0 Å². The largest absolute Gasteiger partial charge is 0.618 e. The summed E-state index contributed by atoms with van der Waals surface area (Å²) in [5.41, 5.74) is 1.47. The third-order valence-corrected chi connectivity index (χ3v) is 5.26. The number of Topliss-reactive ketones (excluding diaryl/α,β-unsaturated/α-hetero) is 2. The molecular formula is C22H17BrClNO3. The lowest BCUT2D eigenvalue weighted by Gasteiger charge is -2.16. The second-order valence-corrected chi connectivity index (χ2v) is 7.77. The van der Waals surface area contributed by atoms with Gasteiger partial charge in [0.15, 0.2) is 12.0 Å². The summed E-state index contributed by atoms with van der Waals surface area (Å²) in [5.74, 6) is -0.733. The summed E-state index contributed by atoms with van der Waals surface area (Å²) in [6.45, 7) is 0. The molecule has 0 unspecified atom stereocenters. The van der Waals surface area contributed by atoms with Gasteiger partial charge >= 0.3 is 0 Å². The topological polar surface area (TPSA) is 61.1 Å².